The molecule has 0 atom stereocenters. The van der Waals surface area contributed by atoms with Gasteiger partial charge in [-0.25, -0.2) is 9.55 Å². The zero-order chi connectivity index (χ0) is 11.9. The Morgan fingerprint density at radius 1 is 1.47 bits per heavy atom. The highest BCUT2D eigenvalue weighted by Gasteiger charge is 2.20. The second-order valence-corrected chi connectivity index (χ2v) is 2.38. The first-order chi connectivity index (χ1) is 6.86. The summed E-state index contributed by atoms with van der Waals surface area (Å²) in [6, 6.07) is 1.97. The maximum atomic E-state index is 9.75. The molecule has 0 radical (unpaired) electrons. The van der Waals surface area contributed by atoms with Crippen LogP contribution in [0.15, 0.2) is 18.6 Å². The van der Waals surface area contributed by atoms with Crippen LogP contribution in [0.25, 0.3) is 0 Å². The lowest BCUT2D eigenvalue weighted by Gasteiger charge is -1.94. The Morgan fingerprint density at radius 2 is 2.00 bits per heavy atom. The summed E-state index contributed by atoms with van der Waals surface area (Å²) in [5.41, 5.74) is 0.462. The van der Waals surface area contributed by atoms with Crippen molar-refractivity contribution in [3.63, 3.8) is 0 Å². The Balaban J connectivity index is 0.000000336. The van der Waals surface area contributed by atoms with Gasteiger partial charge in [0.25, 0.3) is 0 Å². The number of nitriles is 1. The van der Waals surface area contributed by atoms with Crippen molar-refractivity contribution in [2.24, 2.45) is 0 Å². The molecule has 1 aromatic rings. The van der Waals surface area contributed by atoms with Crippen LogP contribution in [0.1, 0.15) is 12.6 Å². The van der Waals surface area contributed by atoms with Gasteiger partial charge in [0, 0.05) is 0 Å². The van der Waals surface area contributed by atoms with Crippen molar-refractivity contribution in [3.05, 3.63) is 24.3 Å². The van der Waals surface area contributed by atoms with Crippen molar-refractivity contribution in [3.8, 4) is 6.07 Å². The highest BCUT2D eigenvalue weighted by atomic mass is 19.5. The third kappa shape index (κ3) is 8.68. The van der Waals surface area contributed by atoms with Crippen molar-refractivity contribution in [1.82, 2.24) is 4.98 Å². The van der Waals surface area contributed by atoms with Crippen LogP contribution in [0.4, 0.5) is 17.3 Å². The summed E-state index contributed by atoms with van der Waals surface area (Å²) in [7, 11) is -6.00. The van der Waals surface area contributed by atoms with Gasteiger partial charge in [-0.05, 0) is 6.92 Å². The van der Waals surface area contributed by atoms with Gasteiger partial charge in [-0.3, -0.25) is 0 Å². The molecule has 15 heavy (non-hydrogen) atoms. The van der Waals surface area contributed by atoms with Gasteiger partial charge in [0.05, 0.1) is 6.20 Å². The van der Waals surface area contributed by atoms with Crippen molar-refractivity contribution < 1.29 is 21.8 Å². The summed E-state index contributed by atoms with van der Waals surface area (Å²) in [5, 5.41) is 8.43. The minimum atomic E-state index is -6.00. The average molecular weight is 221 g/mol. The first-order valence-electron chi connectivity index (χ1n) is 3.99. The Kier molecular flexibility index (Phi) is 5.30. The summed E-state index contributed by atoms with van der Waals surface area (Å²) >= 11 is 0. The summed E-state index contributed by atoms with van der Waals surface area (Å²) in [6.07, 6.45) is 5.18. The lowest BCUT2D eigenvalue weighted by molar-refractivity contribution is -0.694. The molecule has 0 saturated heterocycles. The van der Waals surface area contributed by atoms with Crippen molar-refractivity contribution in [2.75, 3.05) is 0 Å². The molecule has 0 aromatic carbocycles. The van der Waals surface area contributed by atoms with Gasteiger partial charge in [-0.1, -0.05) is 0 Å². The molecule has 0 saturated carbocycles. The summed E-state index contributed by atoms with van der Waals surface area (Å²) in [6.45, 7) is 2.89. The van der Waals surface area contributed by atoms with E-state index in [1.54, 1.807) is 12.4 Å². The van der Waals surface area contributed by atoms with Crippen molar-refractivity contribution >= 4 is 7.25 Å². The highest BCUT2D eigenvalue weighted by molar-refractivity contribution is 6.50. The van der Waals surface area contributed by atoms with Crippen LogP contribution in [0.3, 0.4) is 0 Å². The molecule has 0 bridgehead atoms. The van der Waals surface area contributed by atoms with Crippen molar-refractivity contribution in [2.45, 2.75) is 13.5 Å². The maximum absolute atomic E-state index is 9.75. The number of rotatable bonds is 1. The molecule has 1 rings (SSSR count). The quantitative estimate of drug-likeness (QED) is 0.410. The standard InChI is InChI=1S/C7H8N3.BF4/c1-2-10-4-3-9-7(5-8)6-10;2-1(3,4)5/h3-4,6H,2H2,1H3;/q+1;-1. The fourth-order valence-electron chi connectivity index (χ4n) is 0.687. The predicted octanol–water partition coefficient (Wildman–Crippen LogP) is 1.56. The van der Waals surface area contributed by atoms with E-state index in [2.05, 4.69) is 4.98 Å². The molecule has 1 heterocycles. The van der Waals surface area contributed by atoms with Crippen LogP contribution in [0.5, 0.6) is 0 Å². The number of nitrogens with zero attached hydrogens (tertiary/aromatic N) is 3. The minimum absolute atomic E-state index is 0.462. The summed E-state index contributed by atoms with van der Waals surface area (Å²) < 4.78 is 40.9. The summed E-state index contributed by atoms with van der Waals surface area (Å²) in [5.74, 6) is 0. The van der Waals surface area contributed by atoms with E-state index in [4.69, 9.17) is 5.26 Å². The number of halogens is 4. The zero-order valence-corrected chi connectivity index (χ0v) is 7.87. The highest BCUT2D eigenvalue weighted by Crippen LogP contribution is 2.06. The van der Waals surface area contributed by atoms with Gasteiger partial charge in [0.1, 0.15) is 12.6 Å². The van der Waals surface area contributed by atoms with E-state index in [0.29, 0.717) is 5.69 Å². The van der Waals surface area contributed by atoms with Crippen LogP contribution in [-0.4, -0.2) is 12.2 Å². The van der Waals surface area contributed by atoms with Gasteiger partial charge in [0.2, 0.25) is 11.9 Å². The first-order valence-corrected chi connectivity index (χ1v) is 3.99. The number of hydrogen-bond acceptors (Lipinski definition) is 2. The van der Waals surface area contributed by atoms with E-state index in [1.165, 1.54) is 0 Å². The van der Waals surface area contributed by atoms with Crippen molar-refractivity contribution in [1.29, 1.82) is 5.26 Å². The van der Waals surface area contributed by atoms with Gasteiger partial charge < -0.3 is 17.3 Å². The fraction of sp³-hybridized carbons (Fsp3) is 0.286. The second kappa shape index (κ2) is 5.96. The topological polar surface area (TPSA) is 40.6 Å². The Labute approximate surface area is 84.1 Å². The van der Waals surface area contributed by atoms with E-state index in [0.717, 1.165) is 6.54 Å². The van der Waals surface area contributed by atoms with E-state index >= 15 is 0 Å². The van der Waals surface area contributed by atoms with Gasteiger partial charge in [-0.15, -0.1) is 0 Å². The predicted molar refractivity (Wildman–Crippen MR) is 45.0 cm³/mol. The zero-order valence-electron chi connectivity index (χ0n) is 7.87. The molecule has 8 heteroatoms. The van der Waals surface area contributed by atoms with E-state index < -0.39 is 7.25 Å². The van der Waals surface area contributed by atoms with Gasteiger partial charge >= 0.3 is 7.25 Å². The van der Waals surface area contributed by atoms with E-state index in [1.807, 2.05) is 23.8 Å². The second-order valence-electron chi connectivity index (χ2n) is 2.38. The van der Waals surface area contributed by atoms with Gasteiger partial charge in [-0.2, -0.15) is 5.26 Å². The van der Waals surface area contributed by atoms with Crippen LogP contribution < -0.4 is 4.57 Å². The molecule has 0 aliphatic rings. The maximum Gasteiger partial charge on any atom is 0.673 e. The largest absolute Gasteiger partial charge is 0.673 e. The molecule has 0 amide bonds. The lowest BCUT2D eigenvalue weighted by Crippen LogP contribution is -2.31. The van der Waals surface area contributed by atoms with Crippen LogP contribution in [0, 0.1) is 11.3 Å². The molecule has 82 valence electrons. The SMILES string of the molecule is CC[n+]1ccnc(C#N)c1.F[B-](F)(F)F. The van der Waals surface area contributed by atoms with E-state index in [9.17, 15) is 17.3 Å². The number of hydrogen-bond donors (Lipinski definition) is 0. The van der Waals surface area contributed by atoms with E-state index in [-0.39, 0.29) is 0 Å². The van der Waals surface area contributed by atoms with Crippen LogP contribution in [-0.2, 0) is 6.54 Å². The molecule has 0 unspecified atom stereocenters. The number of aromatic nitrogens is 2. The molecular weight excluding hydrogens is 213 g/mol. The van der Waals surface area contributed by atoms with Crippen LogP contribution >= 0.6 is 0 Å². The van der Waals surface area contributed by atoms with Crippen LogP contribution in [0.2, 0.25) is 0 Å². The molecule has 3 nitrogen and oxygen atoms in total. The van der Waals surface area contributed by atoms with Gasteiger partial charge in [0.15, 0.2) is 6.20 Å². The molecule has 0 aliphatic heterocycles. The normalized spacial score (nSPS) is 9.87. The molecule has 1 aromatic heterocycles. The molecule has 0 N–H and O–H groups in total. The Hall–Kier alpha value is -1.65. The summed E-state index contributed by atoms with van der Waals surface area (Å²) in [4.78, 5) is 3.82. The molecule has 0 fully saturated rings. The number of aryl methyl sites for hydroxylation is 1. The average Bonchev–Trinajstić information content (AvgIpc) is 2.15. The minimum Gasteiger partial charge on any atom is -0.418 e. The molecular formula is C7H8BF4N3. The third-order valence-corrected chi connectivity index (χ3v) is 1.24. The Morgan fingerprint density at radius 3 is 2.40 bits per heavy atom. The smallest absolute Gasteiger partial charge is 0.418 e. The fourth-order valence-corrected chi connectivity index (χ4v) is 0.687. The molecule has 0 aliphatic carbocycles. The monoisotopic (exact) mass is 221 g/mol. The third-order valence-electron chi connectivity index (χ3n) is 1.24. The first kappa shape index (κ1) is 13.4. The molecule has 0 spiro atoms. The lowest BCUT2D eigenvalue weighted by atomic mass is 10.3. The Bertz CT molecular complexity index is 341.